The summed E-state index contributed by atoms with van der Waals surface area (Å²) < 4.78 is 22.1. The smallest absolute Gasteiger partial charge is 0.150 e. The van der Waals surface area contributed by atoms with Gasteiger partial charge in [0.05, 0.1) is 11.5 Å². The van der Waals surface area contributed by atoms with Crippen LogP contribution >= 0.6 is 0 Å². The van der Waals surface area contributed by atoms with Crippen LogP contribution in [-0.2, 0) is 9.84 Å². The van der Waals surface area contributed by atoms with E-state index in [1.165, 1.54) is 0 Å². The van der Waals surface area contributed by atoms with E-state index in [1.807, 2.05) is 0 Å². The molecule has 12 heavy (non-hydrogen) atoms. The fraction of sp³-hybridized carbons (Fsp3) is 0.750. The Labute approximate surface area is 73.0 Å². The number of aliphatic hydroxyl groups excluding tert-OH is 1. The third-order valence-corrected chi connectivity index (χ3v) is 4.01. The second-order valence-electron chi connectivity index (χ2n) is 3.23. The quantitative estimate of drug-likeness (QED) is 0.654. The first-order valence-corrected chi connectivity index (χ1v) is 5.86. The van der Waals surface area contributed by atoms with Crippen molar-refractivity contribution in [1.82, 2.24) is 0 Å². The van der Waals surface area contributed by atoms with Gasteiger partial charge in [-0.1, -0.05) is 12.2 Å². The molecular weight excluding hydrogens is 176 g/mol. The van der Waals surface area contributed by atoms with Crippen molar-refractivity contribution < 1.29 is 13.5 Å². The third kappa shape index (κ3) is 2.32. The van der Waals surface area contributed by atoms with E-state index in [1.54, 1.807) is 0 Å². The van der Waals surface area contributed by atoms with E-state index >= 15 is 0 Å². The molecule has 1 N–H and O–H groups in total. The van der Waals surface area contributed by atoms with Crippen molar-refractivity contribution in [2.75, 3.05) is 18.1 Å². The van der Waals surface area contributed by atoms with Gasteiger partial charge in [0.2, 0.25) is 0 Å². The van der Waals surface area contributed by atoms with Crippen LogP contribution < -0.4 is 0 Å². The molecule has 1 unspecified atom stereocenters. The molecule has 0 amide bonds. The van der Waals surface area contributed by atoms with Gasteiger partial charge < -0.3 is 5.11 Å². The van der Waals surface area contributed by atoms with E-state index < -0.39 is 9.84 Å². The standard InChI is InChI=1S/C8H14O3S/c1-7(2-4-9)8-3-5-12(10,11)6-8/h8-9H,1-6H2. The van der Waals surface area contributed by atoms with E-state index in [4.69, 9.17) is 5.11 Å². The minimum absolute atomic E-state index is 0.0649. The van der Waals surface area contributed by atoms with Crippen molar-refractivity contribution in [3.8, 4) is 0 Å². The highest BCUT2D eigenvalue weighted by molar-refractivity contribution is 7.91. The SMILES string of the molecule is C=C(CCO)C1CCS(=O)(=O)C1. The number of hydrogen-bond acceptors (Lipinski definition) is 3. The molecule has 0 aromatic carbocycles. The summed E-state index contributed by atoms with van der Waals surface area (Å²) in [5.41, 5.74) is 0.874. The Morgan fingerprint density at radius 3 is 2.67 bits per heavy atom. The highest BCUT2D eigenvalue weighted by Crippen LogP contribution is 2.25. The lowest BCUT2D eigenvalue weighted by molar-refractivity contribution is 0.295. The Bertz CT molecular complexity index is 266. The molecule has 0 saturated carbocycles. The molecule has 1 aliphatic heterocycles. The zero-order chi connectivity index (χ0) is 9.19. The molecule has 0 aromatic heterocycles. The predicted octanol–water partition coefficient (Wildman–Crippen LogP) is 0.360. The molecule has 1 saturated heterocycles. The Kier molecular flexibility index (Phi) is 2.90. The van der Waals surface area contributed by atoms with E-state index in [2.05, 4.69) is 6.58 Å². The first kappa shape index (κ1) is 9.74. The number of hydrogen-bond donors (Lipinski definition) is 1. The van der Waals surface area contributed by atoms with E-state index in [0.717, 1.165) is 5.57 Å². The van der Waals surface area contributed by atoms with Crippen molar-refractivity contribution in [3.05, 3.63) is 12.2 Å². The predicted molar refractivity (Wildman–Crippen MR) is 47.6 cm³/mol. The molecule has 1 rings (SSSR count). The van der Waals surface area contributed by atoms with Gasteiger partial charge in [0.15, 0.2) is 9.84 Å². The van der Waals surface area contributed by atoms with Crippen LogP contribution in [0.4, 0.5) is 0 Å². The molecule has 4 heteroatoms. The number of rotatable bonds is 3. The first-order valence-electron chi connectivity index (χ1n) is 4.04. The summed E-state index contributed by atoms with van der Waals surface area (Å²) in [5, 5.41) is 8.62. The van der Waals surface area contributed by atoms with Crippen LogP contribution in [0.2, 0.25) is 0 Å². The highest BCUT2D eigenvalue weighted by Gasteiger charge is 2.28. The molecule has 0 radical (unpaired) electrons. The lowest BCUT2D eigenvalue weighted by atomic mass is 9.98. The summed E-state index contributed by atoms with van der Waals surface area (Å²) in [6.07, 6.45) is 1.21. The Hall–Kier alpha value is -0.350. The summed E-state index contributed by atoms with van der Waals surface area (Å²) in [6.45, 7) is 3.83. The molecule has 1 atom stereocenters. The summed E-state index contributed by atoms with van der Waals surface area (Å²) in [4.78, 5) is 0. The minimum atomic E-state index is -2.80. The summed E-state index contributed by atoms with van der Waals surface area (Å²) >= 11 is 0. The van der Waals surface area contributed by atoms with Crippen molar-refractivity contribution >= 4 is 9.84 Å². The summed E-state index contributed by atoms with van der Waals surface area (Å²) in [7, 11) is -2.80. The van der Waals surface area contributed by atoms with Gasteiger partial charge in [0, 0.05) is 6.61 Å². The van der Waals surface area contributed by atoms with E-state index in [9.17, 15) is 8.42 Å². The van der Waals surface area contributed by atoms with Gasteiger partial charge >= 0.3 is 0 Å². The zero-order valence-electron chi connectivity index (χ0n) is 6.99. The van der Waals surface area contributed by atoms with Crippen LogP contribution in [0.15, 0.2) is 12.2 Å². The van der Waals surface area contributed by atoms with E-state index in [0.29, 0.717) is 12.8 Å². The fourth-order valence-electron chi connectivity index (χ4n) is 1.46. The van der Waals surface area contributed by atoms with Crippen LogP contribution in [0.5, 0.6) is 0 Å². The second-order valence-corrected chi connectivity index (χ2v) is 5.46. The van der Waals surface area contributed by atoms with Gasteiger partial charge in [-0.05, 0) is 18.8 Å². The Morgan fingerprint density at radius 2 is 2.25 bits per heavy atom. The third-order valence-electron chi connectivity index (χ3n) is 2.24. The summed E-state index contributed by atoms with van der Waals surface area (Å²) in [6, 6.07) is 0. The van der Waals surface area contributed by atoms with Crippen LogP contribution in [0.1, 0.15) is 12.8 Å². The molecule has 1 fully saturated rings. The molecule has 1 aliphatic rings. The molecular formula is C8H14O3S. The Balaban J connectivity index is 2.53. The number of sulfone groups is 1. The highest BCUT2D eigenvalue weighted by atomic mass is 32.2. The molecule has 0 spiro atoms. The first-order chi connectivity index (χ1) is 5.55. The Morgan fingerprint density at radius 1 is 1.58 bits per heavy atom. The minimum Gasteiger partial charge on any atom is -0.396 e. The van der Waals surface area contributed by atoms with Crippen LogP contribution in [0, 0.1) is 5.92 Å². The molecule has 1 heterocycles. The second kappa shape index (κ2) is 3.58. The average Bonchev–Trinajstić information content (AvgIpc) is 2.31. The molecule has 0 aliphatic carbocycles. The largest absolute Gasteiger partial charge is 0.396 e. The van der Waals surface area contributed by atoms with Crippen molar-refractivity contribution in [2.45, 2.75) is 12.8 Å². The fourth-order valence-corrected chi connectivity index (χ4v) is 3.29. The average molecular weight is 190 g/mol. The normalized spacial score (nSPS) is 27.2. The number of aliphatic hydroxyl groups is 1. The topological polar surface area (TPSA) is 54.4 Å². The zero-order valence-corrected chi connectivity index (χ0v) is 7.81. The molecule has 0 bridgehead atoms. The van der Waals surface area contributed by atoms with Gasteiger partial charge in [-0.2, -0.15) is 0 Å². The van der Waals surface area contributed by atoms with E-state index in [-0.39, 0.29) is 24.0 Å². The van der Waals surface area contributed by atoms with Crippen molar-refractivity contribution in [2.24, 2.45) is 5.92 Å². The molecule has 0 aromatic rings. The van der Waals surface area contributed by atoms with Crippen molar-refractivity contribution in [3.63, 3.8) is 0 Å². The van der Waals surface area contributed by atoms with Crippen LogP contribution in [-0.4, -0.2) is 31.6 Å². The monoisotopic (exact) mass is 190 g/mol. The van der Waals surface area contributed by atoms with Crippen LogP contribution in [0.3, 0.4) is 0 Å². The maximum Gasteiger partial charge on any atom is 0.150 e. The lowest BCUT2D eigenvalue weighted by Gasteiger charge is -2.09. The lowest BCUT2D eigenvalue weighted by Crippen LogP contribution is -2.07. The van der Waals surface area contributed by atoms with Gasteiger partial charge in [-0.3, -0.25) is 0 Å². The van der Waals surface area contributed by atoms with Gasteiger partial charge in [0.25, 0.3) is 0 Å². The molecule has 70 valence electrons. The maximum absolute atomic E-state index is 11.0. The van der Waals surface area contributed by atoms with Crippen LogP contribution in [0.25, 0.3) is 0 Å². The van der Waals surface area contributed by atoms with Crippen molar-refractivity contribution in [1.29, 1.82) is 0 Å². The summed E-state index contributed by atoms with van der Waals surface area (Å²) in [5.74, 6) is 0.593. The van der Waals surface area contributed by atoms with Gasteiger partial charge in [0.1, 0.15) is 0 Å². The molecule has 3 nitrogen and oxygen atoms in total. The van der Waals surface area contributed by atoms with Gasteiger partial charge in [-0.15, -0.1) is 0 Å². The maximum atomic E-state index is 11.0. The van der Waals surface area contributed by atoms with Gasteiger partial charge in [-0.25, -0.2) is 8.42 Å².